The van der Waals surface area contributed by atoms with Crippen molar-refractivity contribution in [3.05, 3.63) is 53.1 Å². The Balaban J connectivity index is 1.59. The van der Waals surface area contributed by atoms with Crippen molar-refractivity contribution in [2.45, 2.75) is 18.6 Å². The number of benzene rings is 2. The van der Waals surface area contributed by atoms with Gasteiger partial charge in [-0.05, 0) is 36.8 Å². The molecule has 2 aromatic carbocycles. The van der Waals surface area contributed by atoms with E-state index in [4.69, 9.17) is 16.3 Å². The van der Waals surface area contributed by atoms with E-state index >= 15 is 0 Å². The fraction of sp³-hybridized carbons (Fsp3) is 0.263. The van der Waals surface area contributed by atoms with Crippen molar-refractivity contribution in [3.63, 3.8) is 0 Å². The summed E-state index contributed by atoms with van der Waals surface area (Å²) in [5.41, 5.74) is 2.76. The summed E-state index contributed by atoms with van der Waals surface area (Å²) in [6.45, 7) is 3.09. The van der Waals surface area contributed by atoms with Crippen LogP contribution in [-0.4, -0.2) is 40.2 Å². The number of H-pyrrole nitrogens is 1. The van der Waals surface area contributed by atoms with Gasteiger partial charge in [0.15, 0.2) is 5.16 Å². The van der Waals surface area contributed by atoms with E-state index in [0.29, 0.717) is 23.9 Å². The lowest BCUT2D eigenvalue weighted by atomic mass is 10.2. The molecule has 1 amide bonds. The molecule has 5 nitrogen and oxygen atoms in total. The molecule has 136 valence electrons. The van der Waals surface area contributed by atoms with E-state index < -0.39 is 0 Å². The zero-order chi connectivity index (χ0) is 18.5. The molecule has 26 heavy (non-hydrogen) atoms. The minimum absolute atomic E-state index is 0.0328. The molecule has 1 aromatic heterocycles. The second-order valence-corrected chi connectivity index (χ2v) is 7.22. The molecule has 1 N–H and O–H groups in total. The molecular formula is C19H20ClN3O2S. The molecule has 0 fully saturated rings. The van der Waals surface area contributed by atoms with E-state index in [0.717, 1.165) is 27.5 Å². The quantitative estimate of drug-likeness (QED) is 0.610. The zero-order valence-corrected chi connectivity index (χ0v) is 16.2. The summed E-state index contributed by atoms with van der Waals surface area (Å²) in [4.78, 5) is 21.8. The second kappa shape index (κ2) is 8.47. The van der Waals surface area contributed by atoms with Crippen molar-refractivity contribution in [1.29, 1.82) is 0 Å². The maximum Gasteiger partial charge on any atom is 0.233 e. The number of hydrogen-bond donors (Lipinski definition) is 1. The Bertz CT molecular complexity index is 913. The molecule has 0 aliphatic rings. The summed E-state index contributed by atoms with van der Waals surface area (Å²) in [5.74, 6) is 1.15. The fourth-order valence-corrected chi connectivity index (χ4v) is 3.57. The molecule has 0 saturated carbocycles. The molecule has 0 aliphatic heterocycles. The van der Waals surface area contributed by atoms with Gasteiger partial charge in [0.05, 0.1) is 23.4 Å². The molecule has 7 heteroatoms. The number of imidazole rings is 1. The highest BCUT2D eigenvalue weighted by Gasteiger charge is 2.12. The molecule has 0 spiro atoms. The molecule has 1 heterocycles. The number of ether oxygens (including phenoxy) is 1. The van der Waals surface area contributed by atoms with Crippen molar-refractivity contribution in [3.8, 4) is 5.75 Å². The van der Waals surface area contributed by atoms with Crippen LogP contribution in [0.2, 0.25) is 5.02 Å². The number of amides is 1. The average Bonchev–Trinajstić information content (AvgIpc) is 3.02. The zero-order valence-electron chi connectivity index (χ0n) is 14.7. The predicted octanol–water partition coefficient (Wildman–Crippen LogP) is 4.37. The molecule has 0 aliphatic carbocycles. The molecule has 0 unspecified atom stereocenters. The van der Waals surface area contributed by atoms with Crippen LogP contribution in [0.1, 0.15) is 12.5 Å². The predicted molar refractivity (Wildman–Crippen MR) is 106 cm³/mol. The maximum atomic E-state index is 12.4. The van der Waals surface area contributed by atoms with Gasteiger partial charge < -0.3 is 14.6 Å². The molecule has 3 rings (SSSR count). The fourth-order valence-electron chi connectivity index (χ4n) is 2.53. The van der Waals surface area contributed by atoms with Crippen molar-refractivity contribution in [2.75, 3.05) is 19.4 Å². The van der Waals surface area contributed by atoms with Gasteiger partial charge >= 0.3 is 0 Å². The van der Waals surface area contributed by atoms with Gasteiger partial charge in [-0.1, -0.05) is 35.5 Å². The SMILES string of the molecule is CCOc1ccc2nc(SCC(=O)N(C)Cc3cccc(Cl)c3)[nH]c2c1. The third kappa shape index (κ3) is 4.71. The normalized spacial score (nSPS) is 10.9. The summed E-state index contributed by atoms with van der Waals surface area (Å²) < 4.78 is 5.49. The van der Waals surface area contributed by atoms with Gasteiger partial charge in [0.2, 0.25) is 5.91 Å². The lowest BCUT2D eigenvalue weighted by Crippen LogP contribution is -2.27. The maximum absolute atomic E-state index is 12.4. The van der Waals surface area contributed by atoms with Crippen LogP contribution in [0, 0.1) is 0 Å². The van der Waals surface area contributed by atoms with Gasteiger partial charge in [0, 0.05) is 24.7 Å². The molecule has 0 saturated heterocycles. The standard InChI is InChI=1S/C19H20ClN3O2S/c1-3-25-15-7-8-16-17(10-15)22-19(21-16)26-12-18(24)23(2)11-13-5-4-6-14(20)9-13/h4-10H,3,11-12H2,1-2H3,(H,21,22). The number of aromatic amines is 1. The van der Waals surface area contributed by atoms with Crippen LogP contribution < -0.4 is 4.74 Å². The van der Waals surface area contributed by atoms with Crippen molar-refractivity contribution in [1.82, 2.24) is 14.9 Å². The molecule has 0 radical (unpaired) electrons. The summed E-state index contributed by atoms with van der Waals surface area (Å²) in [5, 5.41) is 1.39. The van der Waals surface area contributed by atoms with Crippen LogP contribution >= 0.6 is 23.4 Å². The first-order chi connectivity index (χ1) is 12.5. The molecule has 0 atom stereocenters. The third-order valence-corrected chi connectivity index (χ3v) is 4.90. The number of halogens is 1. The number of carbonyl (C=O) groups excluding carboxylic acids is 1. The largest absolute Gasteiger partial charge is 0.494 e. The minimum Gasteiger partial charge on any atom is -0.494 e. The Hall–Kier alpha value is -2.18. The number of nitrogens with one attached hydrogen (secondary N) is 1. The van der Waals surface area contributed by atoms with Crippen LogP contribution in [0.25, 0.3) is 11.0 Å². The highest BCUT2D eigenvalue weighted by Crippen LogP contribution is 2.23. The smallest absolute Gasteiger partial charge is 0.233 e. The van der Waals surface area contributed by atoms with Crippen LogP contribution in [0.3, 0.4) is 0 Å². The monoisotopic (exact) mass is 389 g/mol. The Labute approximate surface area is 161 Å². The number of rotatable bonds is 7. The van der Waals surface area contributed by atoms with Gasteiger partial charge in [-0.2, -0.15) is 0 Å². The Morgan fingerprint density at radius 1 is 1.31 bits per heavy atom. The summed E-state index contributed by atoms with van der Waals surface area (Å²) >= 11 is 7.38. The van der Waals surface area contributed by atoms with E-state index in [1.807, 2.05) is 49.4 Å². The van der Waals surface area contributed by atoms with Crippen molar-refractivity contribution in [2.24, 2.45) is 0 Å². The average molecular weight is 390 g/mol. The number of thioether (sulfide) groups is 1. The van der Waals surface area contributed by atoms with E-state index in [1.165, 1.54) is 11.8 Å². The molecule has 0 bridgehead atoms. The molecular weight excluding hydrogens is 370 g/mol. The highest BCUT2D eigenvalue weighted by molar-refractivity contribution is 7.99. The van der Waals surface area contributed by atoms with Crippen LogP contribution in [-0.2, 0) is 11.3 Å². The molecule has 3 aromatic rings. The summed E-state index contributed by atoms with van der Waals surface area (Å²) in [6, 6.07) is 13.3. The first-order valence-corrected chi connectivity index (χ1v) is 9.65. The van der Waals surface area contributed by atoms with E-state index in [2.05, 4.69) is 9.97 Å². The topological polar surface area (TPSA) is 58.2 Å². The minimum atomic E-state index is 0.0328. The number of aromatic nitrogens is 2. The van der Waals surface area contributed by atoms with Crippen LogP contribution in [0.5, 0.6) is 5.75 Å². The van der Waals surface area contributed by atoms with Gasteiger partial charge in [-0.25, -0.2) is 4.98 Å². The first kappa shape index (κ1) is 18.6. The number of carbonyl (C=O) groups is 1. The highest BCUT2D eigenvalue weighted by atomic mass is 35.5. The van der Waals surface area contributed by atoms with Gasteiger partial charge in [-0.3, -0.25) is 4.79 Å². The van der Waals surface area contributed by atoms with Crippen molar-refractivity contribution >= 4 is 40.3 Å². The number of fused-ring (bicyclic) bond motifs is 1. The summed E-state index contributed by atoms with van der Waals surface area (Å²) in [6.07, 6.45) is 0. The first-order valence-electron chi connectivity index (χ1n) is 8.29. The lowest BCUT2D eigenvalue weighted by molar-refractivity contribution is -0.127. The number of nitrogens with zero attached hydrogens (tertiary/aromatic N) is 2. The van der Waals surface area contributed by atoms with Crippen LogP contribution in [0.15, 0.2) is 47.6 Å². The second-order valence-electron chi connectivity index (χ2n) is 5.82. The summed E-state index contributed by atoms with van der Waals surface area (Å²) in [7, 11) is 1.79. The Morgan fingerprint density at radius 3 is 2.92 bits per heavy atom. The van der Waals surface area contributed by atoms with E-state index in [1.54, 1.807) is 11.9 Å². The van der Waals surface area contributed by atoms with Crippen LogP contribution in [0.4, 0.5) is 0 Å². The van der Waals surface area contributed by atoms with Gasteiger partial charge in [0.1, 0.15) is 5.75 Å². The Kier molecular flexibility index (Phi) is 6.06. The van der Waals surface area contributed by atoms with Gasteiger partial charge in [-0.15, -0.1) is 0 Å². The van der Waals surface area contributed by atoms with Crippen molar-refractivity contribution < 1.29 is 9.53 Å². The van der Waals surface area contributed by atoms with E-state index in [9.17, 15) is 4.79 Å². The third-order valence-electron chi connectivity index (χ3n) is 3.81. The van der Waals surface area contributed by atoms with Gasteiger partial charge in [0.25, 0.3) is 0 Å². The number of hydrogen-bond acceptors (Lipinski definition) is 4. The van der Waals surface area contributed by atoms with E-state index in [-0.39, 0.29) is 5.91 Å². The Morgan fingerprint density at radius 2 is 2.15 bits per heavy atom. The lowest BCUT2D eigenvalue weighted by Gasteiger charge is -2.16.